The topological polar surface area (TPSA) is 56.7 Å². The largest absolute Gasteiger partial charge is 0.337 e. The summed E-state index contributed by atoms with van der Waals surface area (Å²) in [6, 6.07) is 0. The van der Waals surface area contributed by atoms with Crippen LogP contribution in [0.2, 0.25) is 0 Å². The van der Waals surface area contributed by atoms with Gasteiger partial charge in [-0.15, -0.1) is 0 Å². The Labute approximate surface area is 106 Å². The van der Waals surface area contributed by atoms with Crippen molar-refractivity contribution in [2.24, 2.45) is 0 Å². The number of aromatic nitrogens is 4. The van der Waals surface area contributed by atoms with Crippen LogP contribution >= 0.6 is 0 Å². The first-order valence-corrected chi connectivity index (χ1v) is 6.63. The van der Waals surface area contributed by atoms with Crippen molar-refractivity contribution in [1.29, 1.82) is 0 Å². The standard InChI is InChI=1S/C13H18N4O/c1-10-14-7-8-17(10)9-12-15-13(16-18-12)11-5-3-2-4-6-11/h7-8,11H,2-6,9H2,1H3. The van der Waals surface area contributed by atoms with Crippen LogP contribution in [0.4, 0.5) is 0 Å². The van der Waals surface area contributed by atoms with Gasteiger partial charge in [0, 0.05) is 18.3 Å². The van der Waals surface area contributed by atoms with Crippen LogP contribution in [0.15, 0.2) is 16.9 Å². The molecule has 2 aromatic rings. The first-order valence-electron chi connectivity index (χ1n) is 6.63. The molecule has 0 saturated heterocycles. The highest BCUT2D eigenvalue weighted by atomic mass is 16.5. The van der Waals surface area contributed by atoms with Crippen molar-refractivity contribution in [3.63, 3.8) is 0 Å². The Morgan fingerprint density at radius 2 is 2.17 bits per heavy atom. The van der Waals surface area contributed by atoms with Crippen LogP contribution < -0.4 is 0 Å². The van der Waals surface area contributed by atoms with Crippen LogP contribution in [0.1, 0.15) is 55.6 Å². The predicted octanol–water partition coefficient (Wildman–Crippen LogP) is 2.67. The zero-order valence-corrected chi connectivity index (χ0v) is 10.7. The molecule has 5 heteroatoms. The van der Waals surface area contributed by atoms with Crippen molar-refractivity contribution in [1.82, 2.24) is 19.7 Å². The van der Waals surface area contributed by atoms with Crippen LogP contribution in [0.5, 0.6) is 0 Å². The zero-order valence-electron chi connectivity index (χ0n) is 10.7. The van der Waals surface area contributed by atoms with Crippen molar-refractivity contribution in [2.45, 2.75) is 51.5 Å². The Balaban J connectivity index is 1.71. The Morgan fingerprint density at radius 3 is 2.89 bits per heavy atom. The summed E-state index contributed by atoms with van der Waals surface area (Å²) >= 11 is 0. The van der Waals surface area contributed by atoms with E-state index < -0.39 is 0 Å². The number of aryl methyl sites for hydroxylation is 1. The van der Waals surface area contributed by atoms with Crippen LogP contribution in [0.3, 0.4) is 0 Å². The molecule has 0 atom stereocenters. The molecule has 0 aliphatic heterocycles. The lowest BCUT2D eigenvalue weighted by molar-refractivity contribution is 0.352. The van der Waals surface area contributed by atoms with E-state index in [9.17, 15) is 0 Å². The zero-order chi connectivity index (χ0) is 12.4. The summed E-state index contributed by atoms with van der Waals surface area (Å²) in [6.07, 6.45) is 10.0. The molecule has 0 N–H and O–H groups in total. The molecule has 1 saturated carbocycles. The lowest BCUT2D eigenvalue weighted by atomic mass is 9.89. The highest BCUT2D eigenvalue weighted by Crippen LogP contribution is 2.30. The van der Waals surface area contributed by atoms with Gasteiger partial charge >= 0.3 is 0 Å². The monoisotopic (exact) mass is 246 g/mol. The molecule has 1 aliphatic carbocycles. The second-order valence-electron chi connectivity index (χ2n) is 4.98. The Kier molecular flexibility index (Phi) is 3.13. The minimum absolute atomic E-state index is 0.500. The fourth-order valence-corrected chi connectivity index (χ4v) is 2.58. The summed E-state index contributed by atoms with van der Waals surface area (Å²) in [5, 5.41) is 4.13. The minimum atomic E-state index is 0.500. The molecule has 96 valence electrons. The van der Waals surface area contributed by atoms with Gasteiger partial charge < -0.3 is 9.09 Å². The molecule has 1 fully saturated rings. The van der Waals surface area contributed by atoms with E-state index in [1.807, 2.05) is 17.7 Å². The maximum atomic E-state index is 5.34. The third-order valence-electron chi connectivity index (χ3n) is 3.68. The molecule has 0 spiro atoms. The molecule has 1 aliphatic rings. The van der Waals surface area contributed by atoms with Crippen molar-refractivity contribution in [3.05, 3.63) is 29.9 Å². The number of hydrogen-bond acceptors (Lipinski definition) is 4. The Hall–Kier alpha value is -1.65. The van der Waals surface area contributed by atoms with Gasteiger partial charge in [-0.2, -0.15) is 4.98 Å². The fourth-order valence-electron chi connectivity index (χ4n) is 2.58. The van der Waals surface area contributed by atoms with Gasteiger partial charge in [-0.05, 0) is 19.8 Å². The van der Waals surface area contributed by atoms with E-state index in [1.54, 1.807) is 6.20 Å². The number of rotatable bonds is 3. The summed E-state index contributed by atoms with van der Waals surface area (Å²) in [5.74, 6) is 3.03. The second-order valence-corrected chi connectivity index (χ2v) is 4.98. The smallest absolute Gasteiger partial charge is 0.246 e. The molecule has 3 rings (SSSR count). The molecule has 2 heterocycles. The Bertz CT molecular complexity index is 511. The number of hydrogen-bond donors (Lipinski definition) is 0. The van der Waals surface area contributed by atoms with Crippen molar-refractivity contribution < 1.29 is 4.52 Å². The SMILES string of the molecule is Cc1nccn1Cc1nc(C2CCCCC2)no1. The lowest BCUT2D eigenvalue weighted by Gasteiger charge is -2.17. The molecule has 0 radical (unpaired) electrons. The molecule has 0 amide bonds. The second kappa shape index (κ2) is 4.92. The van der Waals surface area contributed by atoms with E-state index in [-0.39, 0.29) is 0 Å². The van der Waals surface area contributed by atoms with Gasteiger partial charge in [-0.25, -0.2) is 4.98 Å². The normalized spacial score (nSPS) is 17.2. The van der Waals surface area contributed by atoms with E-state index in [4.69, 9.17) is 4.52 Å². The maximum absolute atomic E-state index is 5.34. The molecular weight excluding hydrogens is 228 g/mol. The number of nitrogens with zero attached hydrogens (tertiary/aromatic N) is 4. The summed E-state index contributed by atoms with van der Waals surface area (Å²) in [6.45, 7) is 2.59. The van der Waals surface area contributed by atoms with Crippen LogP contribution in [0.25, 0.3) is 0 Å². The minimum Gasteiger partial charge on any atom is -0.337 e. The number of imidazole rings is 1. The maximum Gasteiger partial charge on any atom is 0.246 e. The van der Waals surface area contributed by atoms with Gasteiger partial charge in [-0.1, -0.05) is 24.4 Å². The average molecular weight is 246 g/mol. The van der Waals surface area contributed by atoms with E-state index in [0.29, 0.717) is 18.4 Å². The van der Waals surface area contributed by atoms with Crippen molar-refractivity contribution in [3.8, 4) is 0 Å². The average Bonchev–Trinajstić information content (AvgIpc) is 3.02. The summed E-state index contributed by atoms with van der Waals surface area (Å²) < 4.78 is 7.35. The first kappa shape index (κ1) is 11.4. The summed E-state index contributed by atoms with van der Waals surface area (Å²) in [4.78, 5) is 8.71. The van der Waals surface area contributed by atoms with Gasteiger partial charge in [0.15, 0.2) is 5.82 Å². The summed E-state index contributed by atoms with van der Waals surface area (Å²) in [5.41, 5.74) is 0. The molecule has 2 aromatic heterocycles. The lowest BCUT2D eigenvalue weighted by Crippen LogP contribution is -2.07. The first-order chi connectivity index (χ1) is 8.83. The molecule has 0 aromatic carbocycles. The van der Waals surface area contributed by atoms with Crippen LogP contribution in [-0.4, -0.2) is 19.7 Å². The van der Waals surface area contributed by atoms with Gasteiger partial charge in [0.25, 0.3) is 0 Å². The highest BCUT2D eigenvalue weighted by Gasteiger charge is 2.20. The fraction of sp³-hybridized carbons (Fsp3) is 0.615. The third kappa shape index (κ3) is 2.30. The van der Waals surface area contributed by atoms with E-state index in [2.05, 4.69) is 15.1 Å². The Morgan fingerprint density at radius 1 is 1.33 bits per heavy atom. The van der Waals surface area contributed by atoms with Gasteiger partial charge in [0.05, 0.1) is 0 Å². The van der Waals surface area contributed by atoms with E-state index in [1.165, 1.54) is 32.1 Å². The quantitative estimate of drug-likeness (QED) is 0.835. The van der Waals surface area contributed by atoms with Crippen molar-refractivity contribution in [2.75, 3.05) is 0 Å². The van der Waals surface area contributed by atoms with Gasteiger partial charge in [0.2, 0.25) is 5.89 Å². The third-order valence-corrected chi connectivity index (χ3v) is 3.68. The van der Waals surface area contributed by atoms with Crippen LogP contribution in [0, 0.1) is 6.92 Å². The van der Waals surface area contributed by atoms with E-state index >= 15 is 0 Å². The summed E-state index contributed by atoms with van der Waals surface area (Å²) in [7, 11) is 0. The van der Waals surface area contributed by atoms with Gasteiger partial charge in [-0.3, -0.25) is 0 Å². The molecular formula is C13H18N4O. The molecule has 18 heavy (non-hydrogen) atoms. The van der Waals surface area contributed by atoms with E-state index in [0.717, 1.165) is 11.6 Å². The molecule has 5 nitrogen and oxygen atoms in total. The highest BCUT2D eigenvalue weighted by molar-refractivity contribution is 4.99. The van der Waals surface area contributed by atoms with Crippen LogP contribution in [-0.2, 0) is 6.54 Å². The predicted molar refractivity (Wildman–Crippen MR) is 66.2 cm³/mol. The van der Waals surface area contributed by atoms with Gasteiger partial charge in [0.1, 0.15) is 12.4 Å². The van der Waals surface area contributed by atoms with Crippen molar-refractivity contribution >= 4 is 0 Å². The molecule has 0 bridgehead atoms. The molecule has 0 unspecified atom stereocenters.